The van der Waals surface area contributed by atoms with E-state index < -0.39 is 5.97 Å². The van der Waals surface area contributed by atoms with Crippen molar-refractivity contribution >= 4 is 52.4 Å². The Morgan fingerprint density at radius 1 is 1.11 bits per heavy atom. The summed E-state index contributed by atoms with van der Waals surface area (Å²) >= 11 is 23.6. The molecule has 0 amide bonds. The number of aromatic carboxylic acids is 1. The monoisotopic (exact) mass is 335 g/mol. The van der Waals surface area contributed by atoms with E-state index >= 15 is 0 Å². The van der Waals surface area contributed by atoms with E-state index in [1.165, 1.54) is 12.3 Å². The van der Waals surface area contributed by atoms with Crippen LogP contribution >= 0.6 is 46.4 Å². The topological polar surface area (TPSA) is 50.2 Å². The molecule has 0 aliphatic carbocycles. The van der Waals surface area contributed by atoms with Gasteiger partial charge in [-0.25, -0.2) is 4.79 Å². The van der Waals surface area contributed by atoms with E-state index in [0.29, 0.717) is 15.6 Å². The Balaban J connectivity index is 2.70. The molecule has 98 valence electrons. The van der Waals surface area contributed by atoms with Crippen LogP contribution in [-0.4, -0.2) is 16.1 Å². The summed E-state index contributed by atoms with van der Waals surface area (Å²) in [4.78, 5) is 15.1. The van der Waals surface area contributed by atoms with Crippen LogP contribution in [-0.2, 0) is 0 Å². The van der Waals surface area contributed by atoms with Crippen LogP contribution in [0.3, 0.4) is 0 Å². The maximum atomic E-state index is 11.1. The summed E-state index contributed by atoms with van der Waals surface area (Å²) in [5, 5.41) is 9.75. The molecule has 0 spiro atoms. The zero-order valence-corrected chi connectivity index (χ0v) is 12.1. The Morgan fingerprint density at radius 3 is 2.37 bits per heavy atom. The van der Waals surface area contributed by atoms with Crippen LogP contribution in [0.25, 0.3) is 11.3 Å². The Hall–Kier alpha value is -1.000. The molecular formula is C12H5Cl4NO2. The van der Waals surface area contributed by atoms with Gasteiger partial charge >= 0.3 is 5.97 Å². The molecule has 2 rings (SSSR count). The maximum absolute atomic E-state index is 11.1. The third-order valence-electron chi connectivity index (χ3n) is 2.37. The average molecular weight is 337 g/mol. The van der Waals surface area contributed by atoms with E-state index in [0.717, 1.165) is 0 Å². The third kappa shape index (κ3) is 2.79. The summed E-state index contributed by atoms with van der Waals surface area (Å²) in [7, 11) is 0. The molecule has 0 bridgehead atoms. The largest absolute Gasteiger partial charge is 0.478 e. The lowest BCUT2D eigenvalue weighted by molar-refractivity contribution is 0.0697. The number of hydrogen-bond acceptors (Lipinski definition) is 2. The van der Waals surface area contributed by atoms with Crippen molar-refractivity contribution in [3.63, 3.8) is 0 Å². The molecule has 7 heteroatoms. The minimum atomic E-state index is -1.23. The molecule has 2 aromatic rings. The second-order valence-electron chi connectivity index (χ2n) is 3.57. The highest BCUT2D eigenvalue weighted by molar-refractivity contribution is 6.41. The van der Waals surface area contributed by atoms with Gasteiger partial charge in [0.2, 0.25) is 0 Å². The van der Waals surface area contributed by atoms with Crippen LogP contribution in [0.5, 0.6) is 0 Å². The minimum Gasteiger partial charge on any atom is -0.478 e. The van der Waals surface area contributed by atoms with Crippen molar-refractivity contribution in [3.05, 3.63) is 50.0 Å². The molecule has 0 aliphatic heterocycles. The fourth-order valence-corrected chi connectivity index (χ4v) is 2.63. The number of carboxylic acid groups (broad SMARTS) is 1. The summed E-state index contributed by atoms with van der Waals surface area (Å²) < 4.78 is 0. The molecule has 1 aromatic carbocycles. The van der Waals surface area contributed by atoms with Gasteiger partial charge in [-0.1, -0.05) is 46.4 Å². The molecule has 0 saturated carbocycles. The summed E-state index contributed by atoms with van der Waals surface area (Å²) in [6.07, 6.45) is 1.22. The van der Waals surface area contributed by atoms with Crippen molar-refractivity contribution in [2.24, 2.45) is 0 Å². The van der Waals surface area contributed by atoms with Gasteiger partial charge in [0.25, 0.3) is 0 Å². The van der Waals surface area contributed by atoms with Gasteiger partial charge in [0.15, 0.2) is 0 Å². The predicted molar refractivity (Wildman–Crippen MR) is 76.7 cm³/mol. The molecule has 0 radical (unpaired) electrons. The van der Waals surface area contributed by atoms with Gasteiger partial charge in [-0.2, -0.15) is 0 Å². The van der Waals surface area contributed by atoms with E-state index in [2.05, 4.69) is 4.98 Å². The van der Waals surface area contributed by atoms with Gasteiger partial charge in [0, 0.05) is 16.8 Å². The third-order valence-corrected chi connectivity index (χ3v) is 3.58. The first-order valence-corrected chi connectivity index (χ1v) is 6.45. The van der Waals surface area contributed by atoms with E-state index in [1.54, 1.807) is 12.1 Å². The lowest BCUT2D eigenvalue weighted by Crippen LogP contribution is -2.01. The van der Waals surface area contributed by atoms with Gasteiger partial charge in [0.05, 0.1) is 20.8 Å². The number of carbonyl (C=O) groups is 1. The van der Waals surface area contributed by atoms with E-state index in [1.807, 2.05) is 0 Å². The van der Waals surface area contributed by atoms with E-state index in [9.17, 15) is 4.79 Å². The summed E-state index contributed by atoms with van der Waals surface area (Å²) in [6, 6.07) is 4.74. The average Bonchev–Trinajstić information content (AvgIpc) is 2.30. The van der Waals surface area contributed by atoms with Crippen LogP contribution in [0.4, 0.5) is 0 Å². The van der Waals surface area contributed by atoms with Gasteiger partial charge in [-0.3, -0.25) is 4.98 Å². The SMILES string of the molecule is O=C(O)c1c(Cl)cnc(-c2ccc(Cl)cc2Cl)c1Cl. The molecule has 0 unspecified atom stereocenters. The number of hydrogen-bond donors (Lipinski definition) is 1. The van der Waals surface area contributed by atoms with Crippen molar-refractivity contribution in [2.45, 2.75) is 0 Å². The molecule has 3 nitrogen and oxygen atoms in total. The fraction of sp³-hybridized carbons (Fsp3) is 0. The van der Waals surface area contributed by atoms with Gasteiger partial charge in [0.1, 0.15) is 5.56 Å². The summed E-state index contributed by atoms with van der Waals surface area (Å²) in [6.45, 7) is 0. The molecule has 1 N–H and O–H groups in total. The van der Waals surface area contributed by atoms with Gasteiger partial charge in [-0.05, 0) is 18.2 Å². The van der Waals surface area contributed by atoms with Gasteiger partial charge < -0.3 is 5.11 Å². The van der Waals surface area contributed by atoms with Crippen LogP contribution in [0.2, 0.25) is 20.1 Å². The van der Waals surface area contributed by atoms with Crippen LogP contribution in [0, 0.1) is 0 Å². The van der Waals surface area contributed by atoms with Crippen LogP contribution in [0.15, 0.2) is 24.4 Å². The first-order chi connectivity index (χ1) is 8.91. The highest BCUT2D eigenvalue weighted by Gasteiger charge is 2.20. The Labute approximate surface area is 128 Å². The highest BCUT2D eigenvalue weighted by Crippen LogP contribution is 2.36. The Kier molecular flexibility index (Phi) is 4.21. The summed E-state index contributed by atoms with van der Waals surface area (Å²) in [5.74, 6) is -1.23. The van der Waals surface area contributed by atoms with Crippen LogP contribution < -0.4 is 0 Å². The smallest absolute Gasteiger partial charge is 0.338 e. The number of carboxylic acids is 1. The quantitative estimate of drug-likeness (QED) is 0.833. The molecule has 1 heterocycles. The number of rotatable bonds is 2. The number of pyridine rings is 1. The number of aromatic nitrogens is 1. The van der Waals surface area contributed by atoms with Crippen molar-refractivity contribution in [1.29, 1.82) is 0 Å². The van der Waals surface area contributed by atoms with Gasteiger partial charge in [-0.15, -0.1) is 0 Å². The number of nitrogens with zero attached hydrogens (tertiary/aromatic N) is 1. The van der Waals surface area contributed by atoms with Crippen molar-refractivity contribution in [1.82, 2.24) is 4.98 Å². The first kappa shape index (κ1) is 14.4. The van der Waals surface area contributed by atoms with E-state index in [4.69, 9.17) is 51.5 Å². The molecule has 1 aromatic heterocycles. The van der Waals surface area contributed by atoms with Crippen molar-refractivity contribution in [2.75, 3.05) is 0 Å². The lowest BCUT2D eigenvalue weighted by atomic mass is 10.1. The Morgan fingerprint density at radius 2 is 1.79 bits per heavy atom. The molecule has 0 fully saturated rings. The maximum Gasteiger partial charge on any atom is 0.338 e. The highest BCUT2D eigenvalue weighted by atomic mass is 35.5. The Bertz CT molecular complexity index is 673. The molecule has 0 aliphatic rings. The van der Waals surface area contributed by atoms with E-state index in [-0.39, 0.29) is 21.3 Å². The number of benzene rings is 1. The van der Waals surface area contributed by atoms with Crippen molar-refractivity contribution in [3.8, 4) is 11.3 Å². The van der Waals surface area contributed by atoms with Crippen molar-refractivity contribution < 1.29 is 9.90 Å². The zero-order chi connectivity index (χ0) is 14.2. The first-order valence-electron chi connectivity index (χ1n) is 4.94. The standard InChI is InChI=1S/C12H5Cl4NO2/c13-5-1-2-6(7(14)3-5)11-10(16)9(12(18)19)8(15)4-17-11/h1-4H,(H,18,19). The van der Waals surface area contributed by atoms with Crippen LogP contribution in [0.1, 0.15) is 10.4 Å². The fourth-order valence-electron chi connectivity index (χ4n) is 1.53. The zero-order valence-electron chi connectivity index (χ0n) is 9.12. The normalized spacial score (nSPS) is 10.5. The minimum absolute atomic E-state index is 0.0358. The molecule has 0 atom stereocenters. The number of halogens is 4. The predicted octanol–water partition coefficient (Wildman–Crippen LogP) is 5.06. The molecule has 0 saturated heterocycles. The second kappa shape index (κ2) is 5.55. The molecular weight excluding hydrogens is 332 g/mol. The molecule has 19 heavy (non-hydrogen) atoms. The lowest BCUT2D eigenvalue weighted by Gasteiger charge is -2.09. The second-order valence-corrected chi connectivity index (χ2v) is 5.20. The summed E-state index contributed by atoms with van der Waals surface area (Å²) in [5.41, 5.74) is 0.514.